The minimum atomic E-state index is -0.668. The molecule has 0 spiro atoms. The largest absolute Gasteiger partial charge is 0.493 e. The Labute approximate surface area is 184 Å². The molecule has 0 radical (unpaired) electrons. The molecule has 9 heteroatoms. The van der Waals surface area contributed by atoms with Crippen LogP contribution in [-0.4, -0.2) is 42.7 Å². The van der Waals surface area contributed by atoms with Crippen molar-refractivity contribution in [2.24, 2.45) is 0 Å². The Balaban J connectivity index is 1.52. The highest BCUT2D eigenvalue weighted by atomic mass is 16.7. The zero-order valence-electron chi connectivity index (χ0n) is 17.8. The zero-order valence-corrected chi connectivity index (χ0v) is 17.8. The zero-order chi connectivity index (χ0) is 22.7. The summed E-state index contributed by atoms with van der Waals surface area (Å²) in [5.74, 6) is 0.479. The van der Waals surface area contributed by atoms with Crippen LogP contribution >= 0.6 is 0 Å². The van der Waals surface area contributed by atoms with Crippen LogP contribution in [0.1, 0.15) is 25.0 Å². The van der Waals surface area contributed by atoms with Crippen LogP contribution in [0.25, 0.3) is 6.08 Å². The van der Waals surface area contributed by atoms with Gasteiger partial charge in [0.1, 0.15) is 18.0 Å². The monoisotopic (exact) mass is 437 g/mol. The molecule has 1 fully saturated rings. The number of hydrogen-bond donors (Lipinski definition) is 2. The fourth-order valence-corrected chi connectivity index (χ4v) is 3.49. The Morgan fingerprint density at radius 2 is 1.94 bits per heavy atom. The van der Waals surface area contributed by atoms with Gasteiger partial charge < -0.3 is 24.8 Å². The van der Waals surface area contributed by atoms with Crippen molar-refractivity contribution in [2.45, 2.75) is 20.3 Å². The second kappa shape index (κ2) is 9.01. The molecule has 1 saturated heterocycles. The molecule has 0 unspecified atom stereocenters. The Kier molecular flexibility index (Phi) is 5.98. The van der Waals surface area contributed by atoms with Crippen molar-refractivity contribution in [3.8, 4) is 17.2 Å². The number of amides is 4. The van der Waals surface area contributed by atoms with E-state index in [1.54, 1.807) is 18.2 Å². The number of benzene rings is 2. The van der Waals surface area contributed by atoms with E-state index in [9.17, 15) is 14.4 Å². The average Bonchev–Trinajstić information content (AvgIpc) is 3.33. The van der Waals surface area contributed by atoms with E-state index in [-0.39, 0.29) is 12.5 Å². The first-order chi connectivity index (χ1) is 15.5. The topological polar surface area (TPSA) is 106 Å². The normalized spacial score (nSPS) is 15.8. The maximum absolute atomic E-state index is 12.8. The van der Waals surface area contributed by atoms with E-state index < -0.39 is 24.4 Å². The number of carbonyl (C=O) groups is 3. The van der Waals surface area contributed by atoms with E-state index in [1.807, 2.05) is 32.0 Å². The number of hydrogen-bond acceptors (Lipinski definition) is 6. The van der Waals surface area contributed by atoms with Crippen LogP contribution in [0, 0.1) is 0 Å². The van der Waals surface area contributed by atoms with E-state index in [4.69, 9.17) is 14.2 Å². The Hall–Kier alpha value is -4.01. The number of carbonyl (C=O) groups excluding carboxylic acids is 3. The van der Waals surface area contributed by atoms with Gasteiger partial charge in [-0.2, -0.15) is 0 Å². The third-order valence-corrected chi connectivity index (χ3v) is 5.04. The van der Waals surface area contributed by atoms with Gasteiger partial charge in [-0.25, -0.2) is 9.69 Å². The third-order valence-electron chi connectivity index (χ3n) is 5.04. The lowest BCUT2D eigenvalue weighted by molar-refractivity contribution is -0.127. The Morgan fingerprint density at radius 3 is 2.69 bits per heavy atom. The first kappa shape index (κ1) is 21.2. The first-order valence-electron chi connectivity index (χ1n) is 10.3. The molecule has 0 bridgehead atoms. The number of ether oxygens (including phenoxy) is 3. The molecule has 0 atom stereocenters. The molecule has 2 aliphatic heterocycles. The minimum Gasteiger partial charge on any atom is -0.493 e. The molecule has 0 aromatic heterocycles. The van der Waals surface area contributed by atoms with E-state index in [2.05, 4.69) is 10.6 Å². The van der Waals surface area contributed by atoms with Crippen LogP contribution in [0.15, 0.2) is 42.1 Å². The number of nitrogens with zero attached hydrogens (tertiary/aromatic N) is 1. The standard InChI is InChI=1S/C23H23N3O6/c1-3-14-7-5-6-8-16(14)24-21(27)12-26-22(28)17(25-23(26)29)9-15-10-19-20(32-13-31-19)11-18(15)30-4-2/h5-11H,3-4,12-13H2,1-2H3,(H,24,27)(H,25,29)/b17-9+. The summed E-state index contributed by atoms with van der Waals surface area (Å²) < 4.78 is 16.4. The highest BCUT2D eigenvalue weighted by molar-refractivity contribution is 6.16. The fraction of sp³-hybridized carbons (Fsp3) is 0.261. The fourth-order valence-electron chi connectivity index (χ4n) is 3.49. The predicted molar refractivity (Wildman–Crippen MR) is 116 cm³/mol. The van der Waals surface area contributed by atoms with Crippen LogP contribution < -0.4 is 24.8 Å². The number of anilines is 1. The summed E-state index contributed by atoms with van der Waals surface area (Å²) in [7, 11) is 0. The number of fused-ring (bicyclic) bond motifs is 1. The minimum absolute atomic E-state index is 0.0385. The maximum Gasteiger partial charge on any atom is 0.329 e. The van der Waals surface area contributed by atoms with Gasteiger partial charge in [-0.3, -0.25) is 9.59 Å². The maximum atomic E-state index is 12.8. The highest BCUT2D eigenvalue weighted by Gasteiger charge is 2.35. The van der Waals surface area contributed by atoms with Gasteiger partial charge in [-0.1, -0.05) is 25.1 Å². The number of nitrogens with one attached hydrogen (secondary N) is 2. The summed E-state index contributed by atoms with van der Waals surface area (Å²) in [4.78, 5) is 38.6. The van der Waals surface area contributed by atoms with Crippen LogP contribution in [0.5, 0.6) is 17.2 Å². The summed E-state index contributed by atoms with van der Waals surface area (Å²) in [6, 6.07) is 10.1. The first-order valence-corrected chi connectivity index (χ1v) is 10.3. The summed E-state index contributed by atoms with van der Waals surface area (Å²) in [6.45, 7) is 3.91. The highest BCUT2D eigenvalue weighted by Crippen LogP contribution is 2.39. The summed E-state index contributed by atoms with van der Waals surface area (Å²) in [5.41, 5.74) is 2.20. The van der Waals surface area contributed by atoms with E-state index in [0.29, 0.717) is 35.1 Å². The second-order valence-electron chi connectivity index (χ2n) is 7.11. The van der Waals surface area contributed by atoms with Crippen molar-refractivity contribution in [1.29, 1.82) is 0 Å². The molecule has 4 rings (SSSR count). The molecule has 2 N–H and O–H groups in total. The molecule has 166 valence electrons. The molecule has 2 heterocycles. The Morgan fingerprint density at radius 1 is 1.19 bits per heavy atom. The molecule has 2 aliphatic rings. The predicted octanol–water partition coefficient (Wildman–Crippen LogP) is 2.91. The summed E-state index contributed by atoms with van der Waals surface area (Å²) >= 11 is 0. The van der Waals surface area contributed by atoms with Crippen molar-refractivity contribution in [2.75, 3.05) is 25.3 Å². The van der Waals surface area contributed by atoms with Crippen LogP contribution in [0.3, 0.4) is 0 Å². The van der Waals surface area contributed by atoms with Crippen molar-refractivity contribution in [1.82, 2.24) is 10.2 Å². The number of para-hydroxylation sites is 1. The van der Waals surface area contributed by atoms with Gasteiger partial charge in [0.15, 0.2) is 11.5 Å². The lowest BCUT2D eigenvalue weighted by Crippen LogP contribution is -2.38. The molecule has 0 saturated carbocycles. The van der Waals surface area contributed by atoms with Crippen molar-refractivity contribution >= 4 is 29.6 Å². The Bertz CT molecular complexity index is 1110. The van der Waals surface area contributed by atoms with Crippen molar-refractivity contribution < 1.29 is 28.6 Å². The smallest absolute Gasteiger partial charge is 0.329 e. The summed E-state index contributed by atoms with van der Waals surface area (Å²) in [6.07, 6.45) is 2.24. The summed E-state index contributed by atoms with van der Waals surface area (Å²) in [5, 5.41) is 5.29. The van der Waals surface area contributed by atoms with Gasteiger partial charge in [0, 0.05) is 17.3 Å². The average molecular weight is 437 g/mol. The van der Waals surface area contributed by atoms with Gasteiger partial charge in [0.2, 0.25) is 12.7 Å². The van der Waals surface area contributed by atoms with E-state index >= 15 is 0 Å². The van der Waals surface area contributed by atoms with Crippen LogP contribution in [0.2, 0.25) is 0 Å². The van der Waals surface area contributed by atoms with Crippen molar-refractivity contribution in [3.63, 3.8) is 0 Å². The van der Waals surface area contributed by atoms with E-state index in [0.717, 1.165) is 16.9 Å². The van der Waals surface area contributed by atoms with Gasteiger partial charge in [0.25, 0.3) is 5.91 Å². The molecular formula is C23H23N3O6. The molecule has 9 nitrogen and oxygen atoms in total. The van der Waals surface area contributed by atoms with Gasteiger partial charge >= 0.3 is 6.03 Å². The van der Waals surface area contributed by atoms with Crippen molar-refractivity contribution in [3.05, 3.63) is 53.2 Å². The quantitative estimate of drug-likeness (QED) is 0.510. The van der Waals surface area contributed by atoms with Crippen LogP contribution in [0.4, 0.5) is 10.5 Å². The third kappa shape index (κ3) is 4.22. The van der Waals surface area contributed by atoms with E-state index in [1.165, 1.54) is 6.08 Å². The molecule has 2 aromatic carbocycles. The van der Waals surface area contributed by atoms with Crippen LogP contribution in [-0.2, 0) is 16.0 Å². The second-order valence-corrected chi connectivity index (χ2v) is 7.11. The number of imide groups is 1. The van der Waals surface area contributed by atoms with Gasteiger partial charge in [0.05, 0.1) is 6.61 Å². The lowest BCUT2D eigenvalue weighted by Gasteiger charge is -2.13. The molecular weight excluding hydrogens is 414 g/mol. The molecule has 4 amide bonds. The SMILES string of the molecule is CCOc1cc2c(cc1/C=C1/NC(=O)N(CC(=O)Nc3ccccc3CC)C1=O)OCO2. The number of rotatable bonds is 7. The number of urea groups is 1. The van der Waals surface area contributed by atoms with Gasteiger partial charge in [-0.15, -0.1) is 0 Å². The number of aryl methyl sites for hydroxylation is 1. The van der Waals surface area contributed by atoms with Gasteiger partial charge in [-0.05, 0) is 37.1 Å². The molecule has 32 heavy (non-hydrogen) atoms. The lowest BCUT2D eigenvalue weighted by atomic mass is 10.1. The molecule has 0 aliphatic carbocycles. The molecule has 2 aromatic rings.